The molecule has 22 heavy (non-hydrogen) atoms. The Morgan fingerprint density at radius 1 is 1.18 bits per heavy atom. The van der Waals surface area contributed by atoms with Crippen molar-refractivity contribution >= 4 is 30.5 Å². The van der Waals surface area contributed by atoms with Gasteiger partial charge in [-0.15, -0.1) is 0 Å². The van der Waals surface area contributed by atoms with Crippen LogP contribution in [-0.2, 0) is 17.0 Å². The number of para-hydroxylation sites is 1. The molecule has 0 unspecified atom stereocenters. The van der Waals surface area contributed by atoms with Crippen LogP contribution in [0.4, 0.5) is 18.9 Å². The molecule has 0 fully saturated rings. The molecule has 0 aliphatic rings. The number of benzene rings is 2. The first-order valence-electron chi connectivity index (χ1n) is 5.84. The zero-order chi connectivity index (χ0) is 16.7. The van der Waals surface area contributed by atoms with E-state index in [2.05, 4.69) is 4.99 Å². The Morgan fingerprint density at radius 3 is 2.45 bits per heavy atom. The third-order valence-corrected chi connectivity index (χ3v) is 2.59. The molecule has 0 aliphatic heterocycles. The minimum absolute atomic E-state index is 0.0106. The first-order chi connectivity index (χ1) is 10.4. The Hall–Kier alpha value is -1.01. The Balaban J connectivity index is 0.000000745. The fourth-order valence-electron chi connectivity index (χ4n) is 1.56. The first-order valence-corrected chi connectivity index (χ1v) is 10.1. The van der Waals surface area contributed by atoms with Crippen LogP contribution in [-0.4, -0.2) is 11.3 Å². The molecule has 0 radical (unpaired) electrons. The summed E-state index contributed by atoms with van der Waals surface area (Å²) in [4.78, 5) is 3.66. The van der Waals surface area contributed by atoms with Crippen LogP contribution in [0, 0.1) is 24.4 Å². The average molecular weight is 384 g/mol. The van der Waals surface area contributed by atoms with Crippen LogP contribution in [0.25, 0.3) is 0 Å². The van der Waals surface area contributed by atoms with Crippen LogP contribution in [0.5, 0.6) is 5.75 Å². The van der Waals surface area contributed by atoms with Gasteiger partial charge in [0.05, 0.1) is 0 Å². The maximum absolute atomic E-state index is 13.3. The summed E-state index contributed by atoms with van der Waals surface area (Å²) in [7, 11) is 9.78. The zero-order valence-electron chi connectivity index (χ0n) is 11.2. The van der Waals surface area contributed by atoms with E-state index in [-0.39, 0.29) is 5.75 Å². The van der Waals surface area contributed by atoms with Crippen LogP contribution >= 0.6 is 18.6 Å². The van der Waals surface area contributed by atoms with E-state index in [1.165, 1.54) is 0 Å². The van der Waals surface area contributed by atoms with Crippen LogP contribution in [0.1, 0.15) is 11.1 Å². The van der Waals surface area contributed by atoms with Crippen molar-refractivity contribution in [3.8, 4) is 5.75 Å². The molecule has 0 spiro atoms. The van der Waals surface area contributed by atoms with Crippen molar-refractivity contribution in [2.75, 3.05) is 0 Å². The third kappa shape index (κ3) is 5.32. The Labute approximate surface area is 142 Å². The summed E-state index contributed by atoms with van der Waals surface area (Å²) >= 11 is -0.556. The van der Waals surface area contributed by atoms with E-state index in [4.69, 9.17) is 18.6 Å². The van der Waals surface area contributed by atoms with E-state index in [9.17, 15) is 18.3 Å². The molecule has 2 nitrogen and oxygen atoms in total. The molecule has 2 aromatic carbocycles. The van der Waals surface area contributed by atoms with Crippen LogP contribution < -0.4 is 0 Å². The molecule has 0 amide bonds. The van der Waals surface area contributed by atoms with Gasteiger partial charge in [-0.05, 0) is 18.6 Å². The number of hydrogen-bond acceptors (Lipinski definition) is 2. The van der Waals surface area contributed by atoms with Gasteiger partial charge >= 0.3 is 35.6 Å². The molecular formula is C14H10Cl2F3NOTi. The number of aryl methyl sites for hydroxylation is 1. The van der Waals surface area contributed by atoms with E-state index in [0.29, 0.717) is 17.2 Å². The molecule has 0 bridgehead atoms. The van der Waals surface area contributed by atoms with Gasteiger partial charge in [0.1, 0.15) is 17.3 Å². The van der Waals surface area contributed by atoms with Crippen molar-refractivity contribution in [3.05, 3.63) is 58.9 Å². The van der Waals surface area contributed by atoms with Crippen LogP contribution in [0.3, 0.4) is 0 Å². The van der Waals surface area contributed by atoms with Gasteiger partial charge in [0.15, 0.2) is 11.6 Å². The summed E-state index contributed by atoms with van der Waals surface area (Å²) in [6, 6.07) is 6.15. The number of hydrogen-bond donors (Lipinski definition) is 1. The molecule has 0 saturated carbocycles. The van der Waals surface area contributed by atoms with E-state index >= 15 is 0 Å². The van der Waals surface area contributed by atoms with Gasteiger partial charge in [0, 0.05) is 23.9 Å². The number of aliphatic imine (C=N–C) groups is 1. The summed E-state index contributed by atoms with van der Waals surface area (Å²) in [6.07, 6.45) is 1.15. The minimum atomic E-state index is -1.30. The van der Waals surface area contributed by atoms with E-state index < -0.39 is 40.2 Å². The van der Waals surface area contributed by atoms with Gasteiger partial charge in [-0.1, -0.05) is 12.1 Å². The SMILES string of the molecule is Cc1cccc(C=Nc2cc(F)cc(F)c2F)c1O.[Cl][Ti][Cl]. The molecular weight excluding hydrogens is 374 g/mol. The molecule has 0 atom stereocenters. The predicted molar refractivity (Wildman–Crippen MR) is 78.1 cm³/mol. The molecule has 0 saturated heterocycles. The third-order valence-electron chi connectivity index (χ3n) is 2.59. The van der Waals surface area contributed by atoms with Crippen molar-refractivity contribution in [2.45, 2.75) is 6.92 Å². The molecule has 2 aromatic rings. The summed E-state index contributed by atoms with van der Waals surface area (Å²) in [5.74, 6) is -3.46. The second-order valence-electron chi connectivity index (χ2n) is 4.06. The molecule has 116 valence electrons. The predicted octanol–water partition coefficient (Wildman–Crippen LogP) is 5.25. The van der Waals surface area contributed by atoms with E-state index in [1.54, 1.807) is 25.1 Å². The van der Waals surface area contributed by atoms with Crippen molar-refractivity contribution in [1.29, 1.82) is 0 Å². The number of phenols is 1. The number of phenolic OH excluding ortho intramolecular Hbond substituents is 1. The summed E-state index contributed by atoms with van der Waals surface area (Å²) in [5.41, 5.74) is 0.498. The second kappa shape index (κ2) is 9.20. The van der Waals surface area contributed by atoms with Crippen LogP contribution in [0.15, 0.2) is 35.3 Å². The van der Waals surface area contributed by atoms with E-state index in [0.717, 1.165) is 12.3 Å². The van der Waals surface area contributed by atoms with Crippen molar-refractivity contribution in [3.63, 3.8) is 0 Å². The molecule has 0 heterocycles. The molecule has 8 heteroatoms. The van der Waals surface area contributed by atoms with Crippen molar-refractivity contribution in [1.82, 2.24) is 0 Å². The van der Waals surface area contributed by atoms with Crippen molar-refractivity contribution in [2.24, 2.45) is 4.99 Å². The number of rotatable bonds is 2. The van der Waals surface area contributed by atoms with Gasteiger partial charge in [-0.3, -0.25) is 4.99 Å². The normalized spacial score (nSPS) is 10.3. The Kier molecular flexibility index (Phi) is 7.97. The molecule has 0 aliphatic carbocycles. The Bertz CT molecular complexity index is 683. The number of halogens is 5. The number of aromatic hydroxyl groups is 1. The summed E-state index contributed by atoms with van der Waals surface area (Å²) in [5, 5.41) is 9.72. The fraction of sp³-hybridized carbons (Fsp3) is 0.0714. The van der Waals surface area contributed by atoms with Crippen LogP contribution in [0.2, 0.25) is 0 Å². The van der Waals surface area contributed by atoms with Gasteiger partial charge in [-0.2, -0.15) is 0 Å². The quantitative estimate of drug-likeness (QED) is 0.429. The molecule has 0 aromatic heterocycles. The topological polar surface area (TPSA) is 32.6 Å². The Morgan fingerprint density at radius 2 is 1.82 bits per heavy atom. The molecule has 2 rings (SSSR count). The maximum atomic E-state index is 13.3. The number of nitrogens with zero attached hydrogens (tertiary/aromatic N) is 1. The van der Waals surface area contributed by atoms with Gasteiger partial charge in [-0.25, -0.2) is 13.2 Å². The van der Waals surface area contributed by atoms with Crippen molar-refractivity contribution < 1.29 is 35.3 Å². The van der Waals surface area contributed by atoms with Gasteiger partial charge in [0.25, 0.3) is 0 Å². The standard InChI is InChI=1S/C14H10F3NO.2ClH.Ti/c1-8-3-2-4-9(14(8)19)7-18-12-6-10(15)5-11(16)13(12)17;;;/h2-7,19H,1H3;2*1H;/q;;;+2/p-2. The second-order valence-corrected chi connectivity index (χ2v) is 6.64. The monoisotopic (exact) mass is 383 g/mol. The fourth-order valence-corrected chi connectivity index (χ4v) is 1.56. The summed E-state index contributed by atoms with van der Waals surface area (Å²) in [6.45, 7) is 1.69. The molecule has 1 N–H and O–H groups in total. The average Bonchev–Trinajstić information content (AvgIpc) is 2.46. The van der Waals surface area contributed by atoms with Gasteiger partial charge < -0.3 is 5.11 Å². The summed E-state index contributed by atoms with van der Waals surface area (Å²) < 4.78 is 39.3. The first kappa shape index (κ1) is 19.0. The van der Waals surface area contributed by atoms with Gasteiger partial charge in [0.2, 0.25) is 0 Å². The zero-order valence-corrected chi connectivity index (χ0v) is 14.3. The van der Waals surface area contributed by atoms with E-state index in [1.807, 2.05) is 0 Å².